The lowest BCUT2D eigenvalue weighted by Gasteiger charge is -2.26. The molecule has 0 aliphatic heterocycles. The predicted octanol–water partition coefficient (Wildman–Crippen LogP) is 3.93. The lowest BCUT2D eigenvalue weighted by Crippen LogP contribution is -2.42. The summed E-state index contributed by atoms with van der Waals surface area (Å²) in [6.45, 7) is 10.9. The SMILES string of the molecule is CCCOc1ccc(NC(=O)[C@@](C)(CC)OCC)cc1C. The van der Waals surface area contributed by atoms with Crippen LogP contribution in [-0.4, -0.2) is 24.7 Å². The molecule has 0 aromatic heterocycles. The Morgan fingerprint density at radius 1 is 1.29 bits per heavy atom. The maximum Gasteiger partial charge on any atom is 0.256 e. The molecule has 0 heterocycles. The summed E-state index contributed by atoms with van der Waals surface area (Å²) in [5, 5.41) is 2.92. The quantitative estimate of drug-likeness (QED) is 0.790. The summed E-state index contributed by atoms with van der Waals surface area (Å²) in [5.74, 6) is 0.742. The molecule has 0 aliphatic carbocycles. The van der Waals surface area contributed by atoms with Gasteiger partial charge in [0.15, 0.2) is 0 Å². The molecule has 0 saturated heterocycles. The molecular formula is C17H27NO3. The zero-order valence-corrected chi connectivity index (χ0v) is 13.8. The molecule has 0 fully saturated rings. The van der Waals surface area contributed by atoms with Crippen LogP contribution >= 0.6 is 0 Å². The van der Waals surface area contributed by atoms with Gasteiger partial charge in [0.25, 0.3) is 5.91 Å². The van der Waals surface area contributed by atoms with E-state index in [2.05, 4.69) is 12.2 Å². The number of hydrogen-bond donors (Lipinski definition) is 1. The Morgan fingerprint density at radius 3 is 2.52 bits per heavy atom. The second kappa shape index (κ2) is 8.03. The highest BCUT2D eigenvalue weighted by molar-refractivity contribution is 5.97. The Labute approximate surface area is 127 Å². The number of aryl methyl sites for hydroxylation is 1. The summed E-state index contributed by atoms with van der Waals surface area (Å²) in [7, 11) is 0. The molecule has 0 unspecified atom stereocenters. The molecule has 1 amide bonds. The fourth-order valence-corrected chi connectivity index (χ4v) is 2.01. The molecule has 0 aliphatic rings. The van der Waals surface area contributed by atoms with Gasteiger partial charge >= 0.3 is 0 Å². The molecular weight excluding hydrogens is 266 g/mol. The van der Waals surface area contributed by atoms with Gasteiger partial charge in [0.05, 0.1) is 6.61 Å². The van der Waals surface area contributed by atoms with Crippen molar-refractivity contribution in [3.05, 3.63) is 23.8 Å². The molecule has 21 heavy (non-hydrogen) atoms. The minimum Gasteiger partial charge on any atom is -0.493 e. The van der Waals surface area contributed by atoms with E-state index in [1.54, 1.807) is 0 Å². The summed E-state index contributed by atoms with van der Waals surface area (Å²) in [6.07, 6.45) is 1.60. The van der Waals surface area contributed by atoms with E-state index in [4.69, 9.17) is 9.47 Å². The first-order chi connectivity index (χ1) is 9.96. The van der Waals surface area contributed by atoms with E-state index in [0.717, 1.165) is 23.4 Å². The normalized spacial score (nSPS) is 13.6. The predicted molar refractivity (Wildman–Crippen MR) is 85.9 cm³/mol. The zero-order chi connectivity index (χ0) is 15.9. The molecule has 1 rings (SSSR count). The van der Waals surface area contributed by atoms with Crippen LogP contribution in [0.2, 0.25) is 0 Å². The van der Waals surface area contributed by atoms with Crippen molar-refractivity contribution in [3.63, 3.8) is 0 Å². The highest BCUT2D eigenvalue weighted by Gasteiger charge is 2.31. The second-order valence-corrected chi connectivity index (χ2v) is 5.30. The van der Waals surface area contributed by atoms with Crippen LogP contribution in [0.3, 0.4) is 0 Å². The summed E-state index contributed by atoms with van der Waals surface area (Å²) < 4.78 is 11.2. The molecule has 1 atom stereocenters. The van der Waals surface area contributed by atoms with Crippen LogP contribution < -0.4 is 10.1 Å². The Bertz CT molecular complexity index is 473. The molecule has 118 valence electrons. The first-order valence-electron chi connectivity index (χ1n) is 7.65. The number of benzene rings is 1. The molecule has 1 aromatic rings. The number of anilines is 1. The van der Waals surface area contributed by atoms with E-state index in [9.17, 15) is 4.79 Å². The Balaban J connectivity index is 2.79. The van der Waals surface area contributed by atoms with Crippen LogP contribution in [0.15, 0.2) is 18.2 Å². The van der Waals surface area contributed by atoms with E-state index < -0.39 is 5.60 Å². The minimum atomic E-state index is -0.792. The molecule has 0 spiro atoms. The van der Waals surface area contributed by atoms with Gasteiger partial charge in [-0.05, 0) is 57.4 Å². The zero-order valence-electron chi connectivity index (χ0n) is 13.8. The maximum atomic E-state index is 12.4. The van der Waals surface area contributed by atoms with Gasteiger partial charge in [0, 0.05) is 12.3 Å². The third-order valence-electron chi connectivity index (χ3n) is 3.51. The number of rotatable bonds is 8. The highest BCUT2D eigenvalue weighted by atomic mass is 16.5. The number of amides is 1. The topological polar surface area (TPSA) is 47.6 Å². The standard InChI is InChI=1S/C17H27NO3/c1-6-11-20-15-10-9-14(12-13(15)4)18-16(19)17(5,7-2)21-8-3/h9-10,12H,6-8,11H2,1-5H3,(H,18,19)/t17-/m1/s1. The van der Waals surface area contributed by atoms with Crippen LogP contribution in [-0.2, 0) is 9.53 Å². The van der Waals surface area contributed by atoms with Crippen molar-refractivity contribution in [1.82, 2.24) is 0 Å². The molecule has 4 nitrogen and oxygen atoms in total. The average molecular weight is 293 g/mol. The van der Waals surface area contributed by atoms with Crippen LogP contribution in [0.4, 0.5) is 5.69 Å². The Kier molecular flexibility index (Phi) is 6.69. The molecule has 1 aromatic carbocycles. The summed E-state index contributed by atoms with van der Waals surface area (Å²) in [4.78, 5) is 12.4. The number of hydrogen-bond acceptors (Lipinski definition) is 3. The average Bonchev–Trinajstić information content (AvgIpc) is 2.46. The number of nitrogens with one attached hydrogen (secondary N) is 1. The van der Waals surface area contributed by atoms with Crippen LogP contribution in [0.5, 0.6) is 5.75 Å². The summed E-state index contributed by atoms with van der Waals surface area (Å²) in [6, 6.07) is 5.67. The van der Waals surface area contributed by atoms with Gasteiger partial charge in [0.1, 0.15) is 11.4 Å². The maximum absolute atomic E-state index is 12.4. The molecule has 0 bridgehead atoms. The van der Waals surface area contributed by atoms with Gasteiger partial charge < -0.3 is 14.8 Å². The molecule has 0 radical (unpaired) electrons. The van der Waals surface area contributed by atoms with Crippen molar-refractivity contribution in [2.24, 2.45) is 0 Å². The van der Waals surface area contributed by atoms with E-state index in [1.165, 1.54) is 0 Å². The van der Waals surface area contributed by atoms with Crippen molar-refractivity contribution in [3.8, 4) is 5.75 Å². The second-order valence-electron chi connectivity index (χ2n) is 5.30. The number of ether oxygens (including phenoxy) is 2. The number of carbonyl (C=O) groups is 1. The summed E-state index contributed by atoms with van der Waals surface area (Å²) >= 11 is 0. The molecule has 1 N–H and O–H groups in total. The van der Waals surface area contributed by atoms with Crippen molar-refractivity contribution in [1.29, 1.82) is 0 Å². The van der Waals surface area contributed by atoms with Crippen LogP contribution in [0.25, 0.3) is 0 Å². The van der Waals surface area contributed by atoms with Crippen LogP contribution in [0.1, 0.15) is 46.1 Å². The fraction of sp³-hybridized carbons (Fsp3) is 0.588. The first kappa shape index (κ1) is 17.5. The summed E-state index contributed by atoms with van der Waals surface area (Å²) in [5.41, 5.74) is 0.983. The Hall–Kier alpha value is -1.55. The van der Waals surface area contributed by atoms with Crippen molar-refractivity contribution in [2.45, 2.75) is 53.1 Å². The van der Waals surface area contributed by atoms with E-state index in [0.29, 0.717) is 19.6 Å². The van der Waals surface area contributed by atoms with E-state index in [1.807, 2.05) is 45.9 Å². The van der Waals surface area contributed by atoms with Gasteiger partial charge in [0.2, 0.25) is 0 Å². The molecule has 0 saturated carbocycles. The number of carbonyl (C=O) groups excluding carboxylic acids is 1. The third kappa shape index (κ3) is 4.74. The van der Waals surface area contributed by atoms with E-state index in [-0.39, 0.29) is 5.91 Å². The van der Waals surface area contributed by atoms with Crippen molar-refractivity contribution >= 4 is 11.6 Å². The largest absolute Gasteiger partial charge is 0.493 e. The first-order valence-corrected chi connectivity index (χ1v) is 7.65. The molecule has 4 heteroatoms. The lowest BCUT2D eigenvalue weighted by molar-refractivity contribution is -0.139. The van der Waals surface area contributed by atoms with Gasteiger partial charge in [-0.2, -0.15) is 0 Å². The fourth-order valence-electron chi connectivity index (χ4n) is 2.01. The van der Waals surface area contributed by atoms with Crippen LogP contribution in [0, 0.1) is 6.92 Å². The third-order valence-corrected chi connectivity index (χ3v) is 3.51. The smallest absolute Gasteiger partial charge is 0.256 e. The van der Waals surface area contributed by atoms with Gasteiger partial charge in [-0.3, -0.25) is 4.79 Å². The van der Waals surface area contributed by atoms with Crippen molar-refractivity contribution in [2.75, 3.05) is 18.5 Å². The van der Waals surface area contributed by atoms with Gasteiger partial charge in [-0.1, -0.05) is 13.8 Å². The monoisotopic (exact) mass is 293 g/mol. The Morgan fingerprint density at radius 2 is 2.00 bits per heavy atom. The van der Waals surface area contributed by atoms with Gasteiger partial charge in [-0.15, -0.1) is 0 Å². The minimum absolute atomic E-state index is 0.117. The van der Waals surface area contributed by atoms with Crippen molar-refractivity contribution < 1.29 is 14.3 Å². The van der Waals surface area contributed by atoms with Gasteiger partial charge in [-0.25, -0.2) is 0 Å². The lowest BCUT2D eigenvalue weighted by atomic mass is 10.0. The van der Waals surface area contributed by atoms with E-state index >= 15 is 0 Å². The highest BCUT2D eigenvalue weighted by Crippen LogP contribution is 2.24.